The van der Waals surface area contributed by atoms with E-state index in [-0.39, 0.29) is 0 Å². The molecule has 1 fully saturated rings. The first-order valence-electron chi connectivity index (χ1n) is 8.17. The molecule has 0 atom stereocenters. The number of allylic oxidation sites excluding steroid dienone is 2. The van der Waals surface area contributed by atoms with Crippen molar-refractivity contribution in [3.63, 3.8) is 0 Å². The predicted octanol–water partition coefficient (Wildman–Crippen LogP) is 5.76. The van der Waals surface area contributed by atoms with Gasteiger partial charge in [-0.3, -0.25) is 0 Å². The first-order chi connectivity index (χ1) is 10.4. The molecule has 0 nitrogen and oxygen atoms in total. The summed E-state index contributed by atoms with van der Waals surface area (Å²) in [7, 11) is 0. The monoisotopic (exact) mass is 276 g/mol. The molecule has 0 aliphatic heterocycles. The van der Waals surface area contributed by atoms with Crippen molar-refractivity contribution in [2.24, 2.45) is 5.92 Å². The maximum atomic E-state index is 2.45. The standard InChI is InChI=1S/C21H24/c1-3-8-18(9-4-1)10-7-11-19-14-16-21(17-15-19)20-12-5-2-6-13-20/h1-9,11-13,19,21H,10,14-17H2/b11-7+. The lowest BCUT2D eigenvalue weighted by Gasteiger charge is -2.27. The molecule has 0 N–H and O–H groups in total. The van der Waals surface area contributed by atoms with Gasteiger partial charge >= 0.3 is 0 Å². The molecule has 0 aromatic heterocycles. The van der Waals surface area contributed by atoms with E-state index in [2.05, 4.69) is 72.8 Å². The van der Waals surface area contributed by atoms with Crippen LogP contribution in [0.5, 0.6) is 0 Å². The minimum atomic E-state index is 0.782. The van der Waals surface area contributed by atoms with Gasteiger partial charge in [-0.25, -0.2) is 0 Å². The predicted molar refractivity (Wildman–Crippen MR) is 90.4 cm³/mol. The Labute approximate surface area is 128 Å². The molecule has 108 valence electrons. The number of hydrogen-bond acceptors (Lipinski definition) is 0. The average molecular weight is 276 g/mol. The molecule has 1 saturated carbocycles. The molecule has 0 saturated heterocycles. The van der Waals surface area contributed by atoms with Crippen LogP contribution in [0.1, 0.15) is 42.7 Å². The Bertz CT molecular complexity index is 545. The summed E-state index contributed by atoms with van der Waals surface area (Å²) in [6.07, 6.45) is 11.2. The molecule has 0 spiro atoms. The highest BCUT2D eigenvalue weighted by Gasteiger charge is 2.20. The van der Waals surface area contributed by atoms with Crippen LogP contribution in [0.25, 0.3) is 0 Å². The largest absolute Gasteiger partial charge is 0.0851 e. The second-order valence-corrected chi connectivity index (χ2v) is 6.14. The van der Waals surface area contributed by atoms with E-state index < -0.39 is 0 Å². The third kappa shape index (κ3) is 4.07. The van der Waals surface area contributed by atoms with E-state index in [4.69, 9.17) is 0 Å². The zero-order valence-electron chi connectivity index (χ0n) is 12.6. The maximum Gasteiger partial charge on any atom is -0.00974 e. The molecule has 1 aliphatic carbocycles. The maximum absolute atomic E-state index is 2.45. The third-order valence-electron chi connectivity index (χ3n) is 4.65. The van der Waals surface area contributed by atoms with Crippen molar-refractivity contribution < 1.29 is 0 Å². The molecule has 0 unspecified atom stereocenters. The van der Waals surface area contributed by atoms with Crippen molar-refractivity contribution in [2.45, 2.75) is 38.0 Å². The molecule has 2 aromatic rings. The molecule has 0 heterocycles. The summed E-state index contributed by atoms with van der Waals surface area (Å²) in [5, 5.41) is 0. The molecule has 0 radical (unpaired) electrons. The highest BCUT2D eigenvalue weighted by Crippen LogP contribution is 2.36. The Hall–Kier alpha value is -1.82. The van der Waals surface area contributed by atoms with Crippen LogP contribution in [-0.2, 0) is 6.42 Å². The van der Waals surface area contributed by atoms with Crippen LogP contribution in [0, 0.1) is 5.92 Å². The van der Waals surface area contributed by atoms with E-state index in [0.29, 0.717) is 0 Å². The number of rotatable bonds is 4. The minimum absolute atomic E-state index is 0.782. The highest BCUT2D eigenvalue weighted by atomic mass is 14.2. The van der Waals surface area contributed by atoms with E-state index in [9.17, 15) is 0 Å². The number of benzene rings is 2. The molecule has 2 aromatic carbocycles. The second-order valence-electron chi connectivity index (χ2n) is 6.14. The zero-order valence-corrected chi connectivity index (χ0v) is 12.6. The molecule has 0 bridgehead atoms. The summed E-state index contributed by atoms with van der Waals surface area (Å²) < 4.78 is 0. The molecule has 21 heavy (non-hydrogen) atoms. The summed E-state index contributed by atoms with van der Waals surface area (Å²) in [4.78, 5) is 0. The smallest absolute Gasteiger partial charge is 0.00974 e. The molecule has 0 amide bonds. The van der Waals surface area contributed by atoms with Crippen LogP contribution < -0.4 is 0 Å². The molecular formula is C21H24. The van der Waals surface area contributed by atoms with Crippen molar-refractivity contribution >= 4 is 0 Å². The van der Waals surface area contributed by atoms with Crippen molar-refractivity contribution in [3.8, 4) is 0 Å². The van der Waals surface area contributed by atoms with Gasteiger partial charge in [0, 0.05) is 0 Å². The van der Waals surface area contributed by atoms with E-state index in [1.807, 2.05) is 0 Å². The van der Waals surface area contributed by atoms with Gasteiger partial charge < -0.3 is 0 Å². The van der Waals surface area contributed by atoms with Gasteiger partial charge in [-0.2, -0.15) is 0 Å². The lowest BCUT2D eigenvalue weighted by atomic mass is 9.78. The summed E-state index contributed by atoms with van der Waals surface area (Å²) in [5.41, 5.74) is 2.94. The van der Waals surface area contributed by atoms with Crippen LogP contribution in [-0.4, -0.2) is 0 Å². The summed E-state index contributed by atoms with van der Waals surface area (Å²) in [6, 6.07) is 21.8. The Morgan fingerprint density at radius 1 is 0.762 bits per heavy atom. The minimum Gasteiger partial charge on any atom is -0.0851 e. The van der Waals surface area contributed by atoms with Gasteiger partial charge in [0.2, 0.25) is 0 Å². The van der Waals surface area contributed by atoms with Crippen LogP contribution in [0.4, 0.5) is 0 Å². The fourth-order valence-electron chi connectivity index (χ4n) is 3.38. The summed E-state index contributed by atoms with van der Waals surface area (Å²) in [5.74, 6) is 1.57. The van der Waals surface area contributed by atoms with E-state index >= 15 is 0 Å². The van der Waals surface area contributed by atoms with Gasteiger partial charge in [-0.15, -0.1) is 0 Å². The molecule has 0 heteroatoms. The van der Waals surface area contributed by atoms with Crippen LogP contribution in [0.3, 0.4) is 0 Å². The Morgan fingerprint density at radius 3 is 2.05 bits per heavy atom. The van der Waals surface area contributed by atoms with Crippen LogP contribution in [0.2, 0.25) is 0 Å². The average Bonchev–Trinajstić information content (AvgIpc) is 2.57. The number of hydrogen-bond donors (Lipinski definition) is 0. The highest BCUT2D eigenvalue weighted by molar-refractivity contribution is 5.20. The normalized spacial score (nSPS) is 22.5. The van der Waals surface area contributed by atoms with Gasteiger partial charge in [0.05, 0.1) is 0 Å². The second kappa shape index (κ2) is 7.26. The third-order valence-corrected chi connectivity index (χ3v) is 4.65. The Morgan fingerprint density at radius 2 is 1.38 bits per heavy atom. The van der Waals surface area contributed by atoms with Crippen molar-refractivity contribution in [1.82, 2.24) is 0 Å². The fraction of sp³-hybridized carbons (Fsp3) is 0.333. The van der Waals surface area contributed by atoms with Crippen LogP contribution in [0.15, 0.2) is 72.8 Å². The summed E-state index contributed by atoms with van der Waals surface area (Å²) >= 11 is 0. The van der Waals surface area contributed by atoms with Gasteiger partial charge in [-0.1, -0.05) is 72.8 Å². The molecular weight excluding hydrogens is 252 g/mol. The van der Waals surface area contributed by atoms with E-state index in [0.717, 1.165) is 18.3 Å². The first-order valence-corrected chi connectivity index (χ1v) is 8.17. The summed E-state index contributed by atoms with van der Waals surface area (Å²) in [6.45, 7) is 0. The quantitative estimate of drug-likeness (QED) is 0.623. The van der Waals surface area contributed by atoms with Crippen molar-refractivity contribution in [3.05, 3.63) is 83.9 Å². The van der Waals surface area contributed by atoms with Crippen molar-refractivity contribution in [1.29, 1.82) is 0 Å². The zero-order chi connectivity index (χ0) is 14.3. The Balaban J connectivity index is 1.48. The lowest BCUT2D eigenvalue weighted by Crippen LogP contribution is -2.11. The van der Waals surface area contributed by atoms with Gasteiger partial charge in [-0.05, 0) is 55.1 Å². The Kier molecular flexibility index (Phi) is 4.89. The fourth-order valence-corrected chi connectivity index (χ4v) is 3.38. The van der Waals surface area contributed by atoms with Gasteiger partial charge in [0.1, 0.15) is 0 Å². The molecule has 1 aliphatic rings. The first kappa shape index (κ1) is 14.1. The van der Waals surface area contributed by atoms with Gasteiger partial charge in [0.15, 0.2) is 0 Å². The lowest BCUT2D eigenvalue weighted by molar-refractivity contribution is 0.375. The molecule has 3 rings (SSSR count). The van der Waals surface area contributed by atoms with Crippen molar-refractivity contribution in [2.75, 3.05) is 0 Å². The SMILES string of the molecule is C(=C\C1CCC(c2ccccc2)CC1)/Cc1ccccc1. The van der Waals surface area contributed by atoms with Crippen LogP contribution >= 0.6 is 0 Å². The van der Waals surface area contributed by atoms with E-state index in [1.165, 1.54) is 36.8 Å². The van der Waals surface area contributed by atoms with Gasteiger partial charge in [0.25, 0.3) is 0 Å². The topological polar surface area (TPSA) is 0 Å². The van der Waals surface area contributed by atoms with E-state index in [1.54, 1.807) is 0 Å².